The minimum Gasteiger partial charge on any atom is -0.493 e. The lowest BCUT2D eigenvalue weighted by atomic mass is 9.93. The molecule has 0 atom stereocenters. The number of aromatic amines is 2. The molecule has 8 bridgehead atoms. The molecule has 0 aliphatic carbocycles. The maximum Gasteiger partial charge on any atom is 0.324 e. The van der Waals surface area contributed by atoms with E-state index in [-0.39, 0.29) is 31.6 Å². The van der Waals surface area contributed by atoms with Crippen molar-refractivity contribution in [3.05, 3.63) is 141 Å². The predicted octanol–water partition coefficient (Wildman–Crippen LogP) is 18.4. The maximum atomic E-state index is 12.3. The van der Waals surface area contributed by atoms with Crippen LogP contribution in [0.15, 0.2) is 97.1 Å². The lowest BCUT2D eigenvalue weighted by Crippen LogP contribution is -2.12. The van der Waals surface area contributed by atoms with Crippen LogP contribution < -0.4 is 23.8 Å². The van der Waals surface area contributed by atoms with Gasteiger partial charge < -0.3 is 33.8 Å². The number of anilines is 1. The first-order valence-electron chi connectivity index (χ1n) is 28.7. The van der Waals surface area contributed by atoms with Gasteiger partial charge in [-0.25, -0.2) is 9.97 Å². The van der Waals surface area contributed by atoms with Gasteiger partial charge in [-0.2, -0.15) is 0 Å². The molecule has 4 aromatic heterocycles. The van der Waals surface area contributed by atoms with E-state index in [0.717, 1.165) is 87.1 Å². The van der Waals surface area contributed by atoms with Crippen molar-refractivity contribution in [2.24, 2.45) is 21.7 Å². The lowest BCUT2D eigenvalue weighted by molar-refractivity contribution is -0.380. The minimum atomic E-state index is -0.353. The van der Waals surface area contributed by atoms with Crippen LogP contribution in [0.1, 0.15) is 143 Å². The Kier molecular flexibility index (Phi) is 17.5. The Morgan fingerprint density at radius 3 is 1.29 bits per heavy atom. The van der Waals surface area contributed by atoms with E-state index in [2.05, 4.69) is 164 Å². The Balaban J connectivity index is 1.38. The second-order valence-corrected chi connectivity index (χ2v) is 27.7. The van der Waals surface area contributed by atoms with Gasteiger partial charge in [0.15, 0.2) is 0 Å². The number of nitrogens with zero attached hydrogens (tertiary/aromatic N) is 4. The average molecular weight is 1130 g/mol. The standard InChI is InChI=1S/C70H80N6O6S/c1-67(2,3)31-35-79-49-39-46(40-50(43-49)80-36-32-68(4,5)6)64-56-23-21-54(71-56)53(20-17-45-15-18-48(19-16-45)75(13)14)55-22-24-60(72-55)66(62-29-30-63(83-62)76(77)78)61-28-27-59(74-61)65(58-26-25-57(64)73-58)47-41-51(81-37-33-69(7,8)9)44-52(42-47)82-38-34-70(10,11)12/h15-16,18-19,21-30,39-44,71,74H,31-38H2,1-14H3. The van der Waals surface area contributed by atoms with Gasteiger partial charge in [0.25, 0.3) is 0 Å². The fourth-order valence-corrected chi connectivity index (χ4v) is 10.3. The Morgan fingerprint density at radius 1 is 0.494 bits per heavy atom. The number of H-pyrrole nitrogens is 2. The van der Waals surface area contributed by atoms with E-state index in [0.29, 0.717) is 93.7 Å². The normalized spacial score (nSPS) is 12.5. The highest BCUT2D eigenvalue weighted by Crippen LogP contribution is 2.43. The molecule has 6 heterocycles. The summed E-state index contributed by atoms with van der Waals surface area (Å²) in [6, 6.07) is 31.9. The Bertz CT molecular complexity index is 3740. The van der Waals surface area contributed by atoms with Crippen LogP contribution in [-0.4, -0.2) is 65.4 Å². The van der Waals surface area contributed by atoms with Gasteiger partial charge in [0.1, 0.15) is 23.0 Å². The molecule has 7 aromatic rings. The summed E-state index contributed by atoms with van der Waals surface area (Å²) in [6.07, 6.45) is 11.5. The number of hydrogen-bond acceptors (Lipinski definition) is 10. The number of rotatable bonds is 17. The molecule has 9 rings (SSSR count). The summed E-state index contributed by atoms with van der Waals surface area (Å²) < 4.78 is 26.5. The number of ether oxygens (including phenoxy) is 4. The van der Waals surface area contributed by atoms with E-state index >= 15 is 0 Å². The van der Waals surface area contributed by atoms with Gasteiger partial charge in [-0.1, -0.05) is 106 Å². The highest BCUT2D eigenvalue weighted by Gasteiger charge is 2.23. The zero-order valence-electron chi connectivity index (χ0n) is 50.9. The van der Waals surface area contributed by atoms with E-state index in [1.807, 2.05) is 68.7 Å². The Labute approximate surface area is 494 Å². The molecule has 0 radical (unpaired) electrons. The van der Waals surface area contributed by atoms with Crippen molar-refractivity contribution < 1.29 is 23.9 Å². The van der Waals surface area contributed by atoms with Crippen molar-refractivity contribution in [3.63, 3.8) is 0 Å². The van der Waals surface area contributed by atoms with Crippen molar-refractivity contribution in [2.75, 3.05) is 45.4 Å². The molecule has 12 nitrogen and oxygen atoms in total. The van der Waals surface area contributed by atoms with E-state index in [4.69, 9.17) is 28.9 Å². The number of thiophene rings is 1. The molecule has 83 heavy (non-hydrogen) atoms. The summed E-state index contributed by atoms with van der Waals surface area (Å²) in [5, 5.41) is 12.3. The van der Waals surface area contributed by atoms with Crippen LogP contribution in [0.4, 0.5) is 10.7 Å². The number of benzene rings is 3. The van der Waals surface area contributed by atoms with Crippen molar-refractivity contribution in [2.45, 2.75) is 109 Å². The summed E-state index contributed by atoms with van der Waals surface area (Å²) >= 11 is 1.11. The fourth-order valence-electron chi connectivity index (χ4n) is 9.41. The van der Waals surface area contributed by atoms with Gasteiger partial charge in [-0.05, 0) is 162 Å². The van der Waals surface area contributed by atoms with Crippen LogP contribution in [0.3, 0.4) is 0 Å². The molecule has 0 amide bonds. The van der Waals surface area contributed by atoms with Crippen LogP contribution >= 0.6 is 11.3 Å². The van der Waals surface area contributed by atoms with Crippen molar-refractivity contribution in [1.29, 1.82) is 0 Å². The molecule has 0 spiro atoms. The van der Waals surface area contributed by atoms with Crippen molar-refractivity contribution in [1.82, 2.24) is 19.9 Å². The van der Waals surface area contributed by atoms with Gasteiger partial charge in [0, 0.05) is 81.7 Å². The second kappa shape index (κ2) is 24.4. The molecule has 0 unspecified atom stereocenters. The number of nitro groups is 1. The molecule has 0 saturated carbocycles. The van der Waals surface area contributed by atoms with Gasteiger partial charge in [-0.3, -0.25) is 10.1 Å². The van der Waals surface area contributed by atoms with E-state index in [1.165, 1.54) is 0 Å². The van der Waals surface area contributed by atoms with Crippen LogP contribution in [0.2, 0.25) is 0 Å². The number of aromatic nitrogens is 4. The summed E-state index contributed by atoms with van der Waals surface area (Å²) in [4.78, 5) is 33.3. The van der Waals surface area contributed by atoms with Crippen LogP contribution in [0.25, 0.3) is 79.1 Å². The molecular formula is C70H80N6O6S. The monoisotopic (exact) mass is 1130 g/mol. The first-order chi connectivity index (χ1) is 39.2. The number of fused-ring (bicyclic) bond motifs is 8. The van der Waals surface area contributed by atoms with Crippen molar-refractivity contribution >= 4 is 68.4 Å². The molecule has 0 saturated heterocycles. The van der Waals surface area contributed by atoms with E-state index in [1.54, 1.807) is 12.1 Å². The lowest BCUT2D eigenvalue weighted by Gasteiger charge is -2.20. The molecule has 2 aliphatic heterocycles. The van der Waals surface area contributed by atoms with Gasteiger partial charge in [-0.15, -0.1) is 0 Å². The van der Waals surface area contributed by atoms with Crippen LogP contribution in [-0.2, 0) is 0 Å². The molecule has 2 N–H and O–H groups in total. The van der Waals surface area contributed by atoms with E-state index in [9.17, 15) is 10.1 Å². The number of hydrogen-bond donors (Lipinski definition) is 2. The summed E-state index contributed by atoms with van der Waals surface area (Å²) in [5.41, 5.74) is 12.5. The van der Waals surface area contributed by atoms with Gasteiger partial charge in [0.2, 0.25) is 0 Å². The topological polar surface area (TPSA) is 141 Å². The van der Waals surface area contributed by atoms with Crippen LogP contribution in [0, 0.1) is 43.6 Å². The molecule has 2 aliphatic rings. The third-order valence-corrected chi connectivity index (χ3v) is 15.4. The second-order valence-electron chi connectivity index (χ2n) is 26.6. The van der Waals surface area contributed by atoms with E-state index < -0.39 is 0 Å². The summed E-state index contributed by atoms with van der Waals surface area (Å²) in [6.45, 7) is 28.7. The molecule has 3 aromatic carbocycles. The Hall–Kier alpha value is -8.08. The fraction of sp³-hybridized carbons (Fsp3) is 0.371. The third-order valence-electron chi connectivity index (χ3n) is 14.3. The predicted molar refractivity (Wildman–Crippen MR) is 345 cm³/mol. The molecule has 13 heteroatoms. The third kappa shape index (κ3) is 15.7. The Morgan fingerprint density at radius 2 is 0.880 bits per heavy atom. The highest BCUT2D eigenvalue weighted by molar-refractivity contribution is 7.18. The zero-order valence-corrected chi connectivity index (χ0v) is 51.7. The largest absolute Gasteiger partial charge is 0.493 e. The summed E-state index contributed by atoms with van der Waals surface area (Å²) in [7, 11) is 4.03. The SMILES string of the molecule is CN(C)c1ccc(C#Cc2c3nc(c(-c4ccc([N+](=O)[O-])s4)c4ccc([nH]4)c(-c4cc(OCCC(C)(C)C)cc(OCCC(C)(C)C)c4)c4nc(c(-c5cc(OCCC(C)(C)C)cc(OCCC(C)(C)C)c5)c5ccc2[nH]5)C=C4)C=C3)cc1. The van der Waals surface area contributed by atoms with Crippen LogP contribution in [0.5, 0.6) is 23.0 Å². The first kappa shape index (κ1) is 59.5. The molecule has 0 fully saturated rings. The summed E-state index contributed by atoms with van der Waals surface area (Å²) in [5.74, 6) is 9.73. The smallest absolute Gasteiger partial charge is 0.324 e. The van der Waals surface area contributed by atoms with Gasteiger partial charge in [0.05, 0.1) is 65.2 Å². The first-order valence-corrected chi connectivity index (χ1v) is 29.6. The maximum absolute atomic E-state index is 12.3. The van der Waals surface area contributed by atoms with Gasteiger partial charge >= 0.3 is 5.00 Å². The molecular weight excluding hydrogens is 1050 g/mol. The quantitative estimate of drug-likeness (QED) is 0.0518. The zero-order chi connectivity index (χ0) is 59.4. The molecule has 432 valence electrons. The highest BCUT2D eigenvalue weighted by atomic mass is 32.1. The average Bonchev–Trinajstić information content (AvgIpc) is 3.03. The minimum absolute atomic E-state index is 0.0243. The number of nitrogens with one attached hydrogen (secondary N) is 2. The van der Waals surface area contributed by atoms with Crippen molar-refractivity contribution in [3.8, 4) is 67.5 Å².